The fraction of sp³-hybridized carbons (Fsp3) is 0.545. The maximum atomic E-state index is 2.86. The highest BCUT2D eigenvalue weighted by Crippen LogP contribution is 2.61. The van der Waals surface area contributed by atoms with Crippen molar-refractivity contribution in [2.45, 2.75) is 151 Å². The lowest BCUT2D eigenvalue weighted by Gasteiger charge is -2.45. The van der Waals surface area contributed by atoms with Gasteiger partial charge in [0.05, 0.1) is 0 Å². The van der Waals surface area contributed by atoms with Gasteiger partial charge in [-0.15, -0.1) is 0 Å². The van der Waals surface area contributed by atoms with Crippen LogP contribution in [-0.2, 0) is 0 Å². The normalized spacial score (nSPS) is 21.5. The summed E-state index contributed by atoms with van der Waals surface area (Å²) in [5.74, 6) is 0. The molecule has 0 aromatic heterocycles. The molecule has 2 heteroatoms. The van der Waals surface area contributed by atoms with E-state index in [-0.39, 0.29) is 15.8 Å². The van der Waals surface area contributed by atoms with Crippen molar-refractivity contribution in [3.05, 3.63) is 72.8 Å². The Labute approximate surface area is 282 Å². The molecule has 4 fully saturated rings. The second-order valence-corrected chi connectivity index (χ2v) is 20.8. The highest BCUT2D eigenvalue weighted by molar-refractivity contribution is 7.73. The van der Waals surface area contributed by atoms with E-state index >= 15 is 0 Å². The summed E-state index contributed by atoms with van der Waals surface area (Å²) in [5.41, 5.74) is 6.91. The van der Waals surface area contributed by atoms with Gasteiger partial charge in [0, 0.05) is 0 Å². The van der Waals surface area contributed by atoms with Gasteiger partial charge in [0.2, 0.25) is 0 Å². The van der Waals surface area contributed by atoms with Crippen molar-refractivity contribution < 1.29 is 0 Å². The largest absolute Gasteiger partial charge is 0.0682 e. The van der Waals surface area contributed by atoms with Gasteiger partial charge in [-0.1, -0.05) is 160 Å². The molecule has 0 radical (unpaired) electrons. The molecule has 0 saturated heterocycles. The summed E-state index contributed by atoms with van der Waals surface area (Å²) in [6.07, 6.45) is 29.4. The molecule has 0 N–H and O–H groups in total. The van der Waals surface area contributed by atoms with Crippen molar-refractivity contribution in [3.63, 3.8) is 0 Å². The second-order valence-electron chi connectivity index (χ2n) is 15.3. The van der Waals surface area contributed by atoms with Crippen molar-refractivity contribution in [1.82, 2.24) is 0 Å². The van der Waals surface area contributed by atoms with Crippen LogP contribution in [0.3, 0.4) is 0 Å². The van der Waals surface area contributed by atoms with Crippen molar-refractivity contribution >= 4 is 48.0 Å². The average molecular weight is 647 g/mol. The summed E-state index contributed by atoms with van der Waals surface area (Å²) in [6.45, 7) is 0. The highest BCUT2D eigenvalue weighted by Gasteiger charge is 2.40. The first-order valence-corrected chi connectivity index (χ1v) is 22.4. The van der Waals surface area contributed by atoms with Gasteiger partial charge in [0.1, 0.15) is 0 Å². The van der Waals surface area contributed by atoms with Crippen LogP contribution in [-0.4, -0.2) is 22.6 Å². The lowest BCUT2D eigenvalue weighted by molar-refractivity contribution is 0.486. The minimum atomic E-state index is -0.244. The summed E-state index contributed by atoms with van der Waals surface area (Å²) in [5, 5.41) is 9.81. The summed E-state index contributed by atoms with van der Waals surface area (Å²) in [6, 6.07) is 29.1. The molecule has 4 aromatic carbocycles. The average Bonchev–Trinajstić information content (AvgIpc) is 3.13. The lowest BCUT2D eigenvalue weighted by Crippen LogP contribution is -2.38. The Morgan fingerprint density at radius 3 is 1.37 bits per heavy atom. The topological polar surface area (TPSA) is 0 Å². The third kappa shape index (κ3) is 6.37. The first kappa shape index (κ1) is 31.5. The summed E-state index contributed by atoms with van der Waals surface area (Å²) in [4.78, 5) is 0. The molecule has 8 rings (SSSR count). The van der Waals surface area contributed by atoms with E-state index < -0.39 is 0 Å². The fourth-order valence-electron chi connectivity index (χ4n) is 10.3. The van der Waals surface area contributed by atoms with E-state index in [1.807, 2.05) is 10.6 Å². The number of hydrogen-bond acceptors (Lipinski definition) is 0. The molecule has 0 bridgehead atoms. The zero-order valence-corrected chi connectivity index (χ0v) is 30.1. The lowest BCUT2D eigenvalue weighted by atomic mass is 9.94. The summed E-state index contributed by atoms with van der Waals surface area (Å²) in [7, 11) is -0.438. The van der Waals surface area contributed by atoms with Crippen LogP contribution in [0.5, 0.6) is 0 Å². The van der Waals surface area contributed by atoms with Gasteiger partial charge in [-0.25, -0.2) is 0 Å². The molecule has 4 saturated carbocycles. The molecule has 0 aliphatic heterocycles. The van der Waals surface area contributed by atoms with E-state index in [1.165, 1.54) is 150 Å². The van der Waals surface area contributed by atoms with Gasteiger partial charge in [-0.05, 0) is 123 Å². The minimum absolute atomic E-state index is 0.194. The Morgan fingerprint density at radius 1 is 0.391 bits per heavy atom. The summed E-state index contributed by atoms with van der Waals surface area (Å²) >= 11 is 0. The Hall–Kier alpha value is -1.74. The van der Waals surface area contributed by atoms with Crippen LogP contribution in [0.25, 0.3) is 32.7 Å². The predicted octanol–water partition coefficient (Wildman–Crippen LogP) is 13.2. The Morgan fingerprint density at radius 2 is 0.826 bits per heavy atom. The van der Waals surface area contributed by atoms with E-state index in [1.54, 1.807) is 10.9 Å². The van der Waals surface area contributed by atoms with Crippen LogP contribution in [0.4, 0.5) is 0 Å². The minimum Gasteiger partial charge on any atom is -0.0682 e. The molecule has 46 heavy (non-hydrogen) atoms. The molecule has 4 aliphatic rings. The van der Waals surface area contributed by atoms with Crippen LogP contribution in [0.1, 0.15) is 128 Å². The first-order chi connectivity index (χ1) is 22.9. The van der Waals surface area contributed by atoms with Crippen molar-refractivity contribution in [2.75, 3.05) is 0 Å². The first-order valence-electron chi connectivity index (χ1n) is 19.5. The van der Waals surface area contributed by atoms with Crippen LogP contribution in [0.15, 0.2) is 72.8 Å². The van der Waals surface area contributed by atoms with E-state index in [9.17, 15) is 0 Å². The number of benzene rings is 4. The Bertz CT molecular complexity index is 1560. The van der Waals surface area contributed by atoms with Crippen LogP contribution in [0.2, 0.25) is 0 Å². The van der Waals surface area contributed by atoms with Crippen LogP contribution < -0.4 is 10.6 Å². The van der Waals surface area contributed by atoms with Crippen molar-refractivity contribution in [1.29, 1.82) is 0 Å². The predicted molar refractivity (Wildman–Crippen MR) is 207 cm³/mol. The van der Waals surface area contributed by atoms with Crippen molar-refractivity contribution in [2.24, 2.45) is 0 Å². The number of fused-ring (bicyclic) bond motifs is 2. The third-order valence-corrected chi connectivity index (χ3v) is 19.7. The smallest absolute Gasteiger partial charge is 0.00155 e. The Balaban J connectivity index is 1.46. The van der Waals surface area contributed by atoms with E-state index in [0.717, 1.165) is 22.6 Å². The quantitative estimate of drug-likeness (QED) is 0.175. The summed E-state index contributed by atoms with van der Waals surface area (Å²) < 4.78 is 0. The molecule has 0 nitrogen and oxygen atoms in total. The molecule has 0 atom stereocenters. The maximum Gasteiger partial charge on any atom is -0.00155 e. The standard InChI is InChI=1S/C44H56P2/c1-5-21-35(22-6-1)45(36-23-7-2-8-24-36)42-32-34-19-14-16-30-40(34)43(41-31-17-20-33-18-13-15-29-39(33)41)44(42)46(37-25-9-3-10-26-37)38-27-11-4-12-28-38/h13-20,29-32,35-38H,1-12,21-28H2. The van der Waals surface area contributed by atoms with Gasteiger partial charge >= 0.3 is 0 Å². The zero-order valence-electron chi connectivity index (χ0n) is 28.3. The van der Waals surface area contributed by atoms with Gasteiger partial charge in [-0.3, -0.25) is 0 Å². The molecule has 0 heterocycles. The third-order valence-electron chi connectivity index (χ3n) is 12.5. The molecule has 4 aliphatic carbocycles. The SMILES string of the molecule is c1ccc2c(-c3c(P(C4CCCCC4)C4CCCCC4)c(P(C4CCCCC4)C4CCCCC4)cc4ccccc34)cccc2c1. The molecule has 4 aromatic rings. The molecule has 0 amide bonds. The Kier molecular flexibility index (Phi) is 10.1. The van der Waals surface area contributed by atoms with E-state index in [4.69, 9.17) is 0 Å². The van der Waals surface area contributed by atoms with Crippen LogP contribution in [0, 0.1) is 0 Å². The molecule has 0 spiro atoms. The van der Waals surface area contributed by atoms with Crippen LogP contribution >= 0.6 is 15.8 Å². The fourth-order valence-corrected chi connectivity index (χ4v) is 18.8. The maximum absolute atomic E-state index is 2.86. The van der Waals surface area contributed by atoms with Gasteiger partial charge < -0.3 is 0 Å². The van der Waals surface area contributed by atoms with Crippen molar-refractivity contribution in [3.8, 4) is 11.1 Å². The van der Waals surface area contributed by atoms with E-state index in [2.05, 4.69) is 72.8 Å². The van der Waals surface area contributed by atoms with Gasteiger partial charge in [-0.2, -0.15) is 0 Å². The second kappa shape index (κ2) is 14.8. The molecule has 0 unspecified atom stereocenters. The number of rotatable bonds is 7. The molecule has 242 valence electrons. The monoisotopic (exact) mass is 646 g/mol. The number of hydrogen-bond donors (Lipinski definition) is 0. The highest BCUT2D eigenvalue weighted by atomic mass is 31.1. The van der Waals surface area contributed by atoms with Gasteiger partial charge in [0.25, 0.3) is 0 Å². The van der Waals surface area contributed by atoms with Gasteiger partial charge in [0.15, 0.2) is 0 Å². The molecular formula is C44H56P2. The molecular weight excluding hydrogens is 590 g/mol. The zero-order chi connectivity index (χ0) is 30.7. The van der Waals surface area contributed by atoms with E-state index in [0.29, 0.717) is 0 Å².